The standard InChI is InChI=1S/C23H30N4O4S/c1-17-14-18(2)16-27(15-17)32(30,31)21-10-8-20(9-11-21)25-22(28)12-13-24-23(29)26-19-6-4-3-5-7-19/h3-11,17-18H,12-16H2,1-2H3,(H,25,28)(H2,24,26,29)/t17-,18-/m0/s1. The Kier molecular flexibility index (Phi) is 7.87. The summed E-state index contributed by atoms with van der Waals surface area (Å²) in [4.78, 5) is 24.2. The summed E-state index contributed by atoms with van der Waals surface area (Å²) in [6.45, 7) is 5.35. The Balaban J connectivity index is 1.47. The predicted octanol–water partition coefficient (Wildman–Crippen LogP) is 3.50. The van der Waals surface area contributed by atoms with E-state index in [4.69, 9.17) is 0 Å². The monoisotopic (exact) mass is 458 g/mol. The number of nitrogens with zero attached hydrogens (tertiary/aromatic N) is 1. The van der Waals surface area contributed by atoms with Crippen LogP contribution in [0.1, 0.15) is 26.7 Å². The fourth-order valence-electron chi connectivity index (χ4n) is 3.87. The lowest BCUT2D eigenvalue weighted by molar-refractivity contribution is -0.116. The minimum Gasteiger partial charge on any atom is -0.337 e. The highest BCUT2D eigenvalue weighted by Crippen LogP contribution is 2.27. The van der Waals surface area contributed by atoms with Gasteiger partial charge in [0.1, 0.15) is 0 Å². The maximum absolute atomic E-state index is 12.9. The van der Waals surface area contributed by atoms with Crippen molar-refractivity contribution in [3.63, 3.8) is 0 Å². The second kappa shape index (κ2) is 10.6. The first-order valence-corrected chi connectivity index (χ1v) is 12.2. The average Bonchev–Trinajstić information content (AvgIpc) is 2.74. The van der Waals surface area contributed by atoms with Gasteiger partial charge in [0.2, 0.25) is 15.9 Å². The number of nitrogens with one attached hydrogen (secondary N) is 3. The summed E-state index contributed by atoms with van der Waals surface area (Å²) in [6.07, 6.45) is 1.12. The van der Waals surface area contributed by atoms with E-state index in [1.807, 2.05) is 18.2 Å². The van der Waals surface area contributed by atoms with Crippen molar-refractivity contribution >= 4 is 33.3 Å². The Labute approximate surface area is 189 Å². The molecule has 0 bridgehead atoms. The Morgan fingerprint density at radius 2 is 1.50 bits per heavy atom. The van der Waals surface area contributed by atoms with Crippen LogP contribution in [-0.2, 0) is 14.8 Å². The number of para-hydroxylation sites is 1. The Morgan fingerprint density at radius 3 is 2.12 bits per heavy atom. The van der Waals surface area contributed by atoms with Crippen LogP contribution in [0.5, 0.6) is 0 Å². The van der Waals surface area contributed by atoms with E-state index < -0.39 is 10.0 Å². The van der Waals surface area contributed by atoms with Gasteiger partial charge >= 0.3 is 6.03 Å². The third kappa shape index (κ3) is 6.54. The molecule has 2 atom stereocenters. The summed E-state index contributed by atoms with van der Waals surface area (Å²) < 4.78 is 27.4. The molecule has 1 heterocycles. The van der Waals surface area contributed by atoms with E-state index >= 15 is 0 Å². The van der Waals surface area contributed by atoms with Gasteiger partial charge in [0, 0.05) is 37.4 Å². The zero-order valence-electron chi connectivity index (χ0n) is 18.4. The summed E-state index contributed by atoms with van der Waals surface area (Å²) >= 11 is 0. The number of carbonyl (C=O) groups excluding carboxylic acids is 2. The van der Waals surface area contributed by atoms with Crippen molar-refractivity contribution in [3.05, 3.63) is 54.6 Å². The minimum absolute atomic E-state index is 0.0891. The number of sulfonamides is 1. The molecular formula is C23H30N4O4S. The molecule has 2 aromatic carbocycles. The number of anilines is 2. The molecule has 3 amide bonds. The van der Waals surface area contributed by atoms with Gasteiger partial charge in [-0.05, 0) is 54.7 Å². The summed E-state index contributed by atoms with van der Waals surface area (Å²) in [5, 5.41) is 8.02. The van der Waals surface area contributed by atoms with Crippen molar-refractivity contribution in [2.24, 2.45) is 11.8 Å². The van der Waals surface area contributed by atoms with Crippen LogP contribution in [0.15, 0.2) is 59.5 Å². The Morgan fingerprint density at radius 1 is 0.906 bits per heavy atom. The average molecular weight is 459 g/mol. The lowest BCUT2D eigenvalue weighted by Gasteiger charge is -2.34. The van der Waals surface area contributed by atoms with E-state index in [-0.39, 0.29) is 29.8 Å². The molecule has 1 aliphatic rings. The number of carbonyl (C=O) groups is 2. The second-order valence-corrected chi connectivity index (χ2v) is 10.3. The second-order valence-electron chi connectivity index (χ2n) is 8.34. The molecule has 8 nitrogen and oxygen atoms in total. The van der Waals surface area contributed by atoms with Crippen molar-refractivity contribution in [1.82, 2.24) is 9.62 Å². The highest BCUT2D eigenvalue weighted by Gasteiger charge is 2.31. The fraction of sp³-hybridized carbons (Fsp3) is 0.391. The topological polar surface area (TPSA) is 108 Å². The molecule has 0 aromatic heterocycles. The van der Waals surface area contributed by atoms with Crippen molar-refractivity contribution in [2.75, 3.05) is 30.3 Å². The molecule has 9 heteroatoms. The third-order valence-corrected chi connectivity index (χ3v) is 7.13. The maximum Gasteiger partial charge on any atom is 0.319 e. The SMILES string of the molecule is C[C@H]1C[C@H](C)CN(S(=O)(=O)c2ccc(NC(=O)CCNC(=O)Nc3ccccc3)cc2)C1. The molecule has 1 saturated heterocycles. The summed E-state index contributed by atoms with van der Waals surface area (Å²) in [5.41, 5.74) is 1.17. The first-order chi connectivity index (χ1) is 15.2. The Bertz CT molecular complexity index is 1020. The van der Waals surface area contributed by atoms with E-state index in [9.17, 15) is 18.0 Å². The van der Waals surface area contributed by atoms with Crippen molar-refractivity contribution < 1.29 is 18.0 Å². The van der Waals surface area contributed by atoms with Gasteiger partial charge < -0.3 is 16.0 Å². The van der Waals surface area contributed by atoms with E-state index in [0.29, 0.717) is 36.3 Å². The molecule has 0 aliphatic carbocycles. The van der Waals surface area contributed by atoms with E-state index in [1.54, 1.807) is 28.6 Å². The van der Waals surface area contributed by atoms with Crippen molar-refractivity contribution in [2.45, 2.75) is 31.6 Å². The zero-order chi connectivity index (χ0) is 23.1. The third-order valence-electron chi connectivity index (χ3n) is 5.28. The van der Waals surface area contributed by atoms with Gasteiger partial charge in [0.25, 0.3) is 0 Å². The van der Waals surface area contributed by atoms with E-state index in [0.717, 1.165) is 6.42 Å². The number of hydrogen-bond donors (Lipinski definition) is 3. The summed E-state index contributed by atoms with van der Waals surface area (Å²) in [5.74, 6) is 0.380. The maximum atomic E-state index is 12.9. The number of amides is 3. The normalized spacial score (nSPS) is 19.2. The largest absolute Gasteiger partial charge is 0.337 e. The number of rotatable bonds is 7. The van der Waals surface area contributed by atoms with Crippen molar-refractivity contribution in [3.8, 4) is 0 Å². The summed E-state index contributed by atoms with van der Waals surface area (Å²) in [6, 6.07) is 14.8. The fourth-order valence-corrected chi connectivity index (χ4v) is 5.55. The predicted molar refractivity (Wildman–Crippen MR) is 125 cm³/mol. The van der Waals surface area contributed by atoms with Crippen LogP contribution >= 0.6 is 0 Å². The Hall–Kier alpha value is -2.91. The highest BCUT2D eigenvalue weighted by atomic mass is 32.2. The van der Waals surface area contributed by atoms with Gasteiger partial charge in [-0.15, -0.1) is 0 Å². The molecular weight excluding hydrogens is 428 g/mol. The van der Waals surface area contributed by atoms with Crippen molar-refractivity contribution in [1.29, 1.82) is 0 Å². The highest BCUT2D eigenvalue weighted by molar-refractivity contribution is 7.89. The minimum atomic E-state index is -3.56. The molecule has 0 spiro atoms. The molecule has 3 N–H and O–H groups in total. The first kappa shape index (κ1) is 23.7. The lowest BCUT2D eigenvalue weighted by atomic mass is 9.94. The van der Waals surface area contributed by atoms with Crippen LogP contribution in [0, 0.1) is 11.8 Å². The molecule has 2 aromatic rings. The molecule has 0 saturated carbocycles. The molecule has 1 aliphatic heterocycles. The molecule has 3 rings (SSSR count). The molecule has 172 valence electrons. The smallest absolute Gasteiger partial charge is 0.319 e. The van der Waals surface area contributed by atoms with Gasteiger partial charge in [-0.3, -0.25) is 4.79 Å². The lowest BCUT2D eigenvalue weighted by Crippen LogP contribution is -2.42. The number of benzene rings is 2. The molecule has 0 radical (unpaired) electrons. The summed E-state index contributed by atoms with van der Waals surface area (Å²) in [7, 11) is -3.56. The number of urea groups is 1. The van der Waals surface area contributed by atoms with E-state index in [2.05, 4.69) is 29.8 Å². The van der Waals surface area contributed by atoms with Crippen LogP contribution in [0.4, 0.5) is 16.2 Å². The molecule has 1 fully saturated rings. The number of piperidine rings is 1. The van der Waals surface area contributed by atoms with Gasteiger partial charge in [-0.25, -0.2) is 13.2 Å². The van der Waals surface area contributed by atoms with Crippen LogP contribution in [0.3, 0.4) is 0 Å². The van der Waals surface area contributed by atoms with Gasteiger partial charge in [0.15, 0.2) is 0 Å². The molecule has 32 heavy (non-hydrogen) atoms. The first-order valence-electron chi connectivity index (χ1n) is 10.7. The van der Waals surface area contributed by atoms with Gasteiger partial charge in [-0.2, -0.15) is 4.31 Å². The van der Waals surface area contributed by atoms with Gasteiger partial charge in [0.05, 0.1) is 4.90 Å². The number of hydrogen-bond acceptors (Lipinski definition) is 4. The van der Waals surface area contributed by atoms with Crippen LogP contribution < -0.4 is 16.0 Å². The van der Waals surface area contributed by atoms with E-state index in [1.165, 1.54) is 12.1 Å². The molecule has 0 unspecified atom stereocenters. The van der Waals surface area contributed by atoms with Crippen LogP contribution in [-0.4, -0.2) is 44.3 Å². The van der Waals surface area contributed by atoms with Gasteiger partial charge in [-0.1, -0.05) is 32.0 Å². The quantitative estimate of drug-likeness (QED) is 0.590. The van der Waals surface area contributed by atoms with Crippen LogP contribution in [0.25, 0.3) is 0 Å². The zero-order valence-corrected chi connectivity index (χ0v) is 19.2. The van der Waals surface area contributed by atoms with Crippen LogP contribution in [0.2, 0.25) is 0 Å².